The summed E-state index contributed by atoms with van der Waals surface area (Å²) in [7, 11) is 0. The van der Waals surface area contributed by atoms with Crippen molar-refractivity contribution in [2.24, 2.45) is 0 Å². The molecule has 0 bridgehead atoms. The molecule has 0 amide bonds. The molecule has 1 aliphatic rings. The van der Waals surface area contributed by atoms with Gasteiger partial charge in [0.1, 0.15) is 0 Å². The van der Waals surface area contributed by atoms with E-state index >= 15 is 0 Å². The van der Waals surface area contributed by atoms with Crippen LogP contribution in [0, 0.1) is 0 Å². The Kier molecular flexibility index (Phi) is 4.41. The third-order valence-electron chi connectivity index (χ3n) is 3.73. The van der Waals surface area contributed by atoms with E-state index < -0.39 is 0 Å². The first-order valence-electron chi connectivity index (χ1n) is 6.94. The van der Waals surface area contributed by atoms with E-state index in [4.69, 9.17) is 5.11 Å². The van der Waals surface area contributed by atoms with Crippen LogP contribution in [0.5, 0.6) is 0 Å². The standard InChI is InChI=1S/C17H19NOS/c19-10-14-7-5-13(6-8-14)9-18-17-12-20-11-15-3-1-2-4-16(15)17/h1-8,17-19H,9-12H2. The van der Waals surface area contributed by atoms with Gasteiger partial charge in [-0.3, -0.25) is 0 Å². The average Bonchev–Trinajstić information content (AvgIpc) is 2.53. The molecular formula is C17H19NOS. The van der Waals surface area contributed by atoms with Gasteiger partial charge in [-0.1, -0.05) is 48.5 Å². The monoisotopic (exact) mass is 285 g/mol. The number of thioether (sulfide) groups is 1. The molecule has 0 aromatic heterocycles. The number of benzene rings is 2. The van der Waals surface area contributed by atoms with Gasteiger partial charge in [0, 0.05) is 24.1 Å². The van der Waals surface area contributed by atoms with Gasteiger partial charge in [-0.15, -0.1) is 0 Å². The van der Waals surface area contributed by atoms with Crippen molar-refractivity contribution in [1.29, 1.82) is 0 Å². The predicted octanol–water partition coefficient (Wildman–Crippen LogP) is 3.26. The van der Waals surface area contributed by atoms with E-state index in [2.05, 4.69) is 41.7 Å². The van der Waals surface area contributed by atoms with Crippen LogP contribution < -0.4 is 5.32 Å². The molecule has 0 saturated carbocycles. The second kappa shape index (κ2) is 6.44. The molecule has 1 atom stereocenters. The van der Waals surface area contributed by atoms with Gasteiger partial charge in [-0.05, 0) is 22.3 Å². The fraction of sp³-hybridized carbons (Fsp3) is 0.294. The Balaban J connectivity index is 1.66. The van der Waals surface area contributed by atoms with Gasteiger partial charge in [-0.2, -0.15) is 11.8 Å². The minimum atomic E-state index is 0.111. The Hall–Kier alpha value is -1.29. The molecule has 2 aromatic rings. The summed E-state index contributed by atoms with van der Waals surface area (Å²) in [4.78, 5) is 0. The van der Waals surface area contributed by atoms with Crippen molar-refractivity contribution in [1.82, 2.24) is 5.32 Å². The second-order valence-electron chi connectivity index (χ2n) is 5.12. The molecule has 2 nitrogen and oxygen atoms in total. The Morgan fingerprint density at radius 2 is 1.80 bits per heavy atom. The maximum absolute atomic E-state index is 9.05. The van der Waals surface area contributed by atoms with Crippen LogP contribution >= 0.6 is 11.8 Å². The zero-order valence-corrected chi connectivity index (χ0v) is 12.2. The van der Waals surface area contributed by atoms with Crippen molar-refractivity contribution in [2.45, 2.75) is 24.9 Å². The Bertz CT molecular complexity index is 567. The lowest BCUT2D eigenvalue weighted by molar-refractivity contribution is 0.282. The maximum Gasteiger partial charge on any atom is 0.0681 e. The Labute approximate surface area is 124 Å². The van der Waals surface area contributed by atoms with E-state index in [1.54, 1.807) is 0 Å². The fourth-order valence-electron chi connectivity index (χ4n) is 2.55. The second-order valence-corrected chi connectivity index (χ2v) is 6.15. The largest absolute Gasteiger partial charge is 0.392 e. The third-order valence-corrected chi connectivity index (χ3v) is 4.81. The van der Waals surface area contributed by atoms with Crippen LogP contribution in [-0.2, 0) is 18.9 Å². The van der Waals surface area contributed by atoms with Crippen LogP contribution in [0.2, 0.25) is 0 Å². The summed E-state index contributed by atoms with van der Waals surface area (Å²) in [5.74, 6) is 2.26. The average molecular weight is 285 g/mol. The minimum Gasteiger partial charge on any atom is -0.392 e. The lowest BCUT2D eigenvalue weighted by atomic mass is 10.0. The molecule has 0 spiro atoms. The summed E-state index contributed by atoms with van der Waals surface area (Å²) in [6.07, 6.45) is 0. The number of fused-ring (bicyclic) bond motifs is 1. The molecule has 3 rings (SSSR count). The van der Waals surface area contributed by atoms with Gasteiger partial charge in [0.2, 0.25) is 0 Å². The lowest BCUT2D eigenvalue weighted by Crippen LogP contribution is -2.26. The predicted molar refractivity (Wildman–Crippen MR) is 84.5 cm³/mol. The Morgan fingerprint density at radius 1 is 1.05 bits per heavy atom. The molecule has 1 unspecified atom stereocenters. The van der Waals surface area contributed by atoms with Crippen molar-refractivity contribution in [2.75, 3.05) is 5.75 Å². The van der Waals surface area contributed by atoms with Crippen LogP contribution in [0.1, 0.15) is 28.3 Å². The van der Waals surface area contributed by atoms with Crippen LogP contribution in [0.4, 0.5) is 0 Å². The molecule has 0 aliphatic carbocycles. The fourth-order valence-corrected chi connectivity index (χ4v) is 3.69. The third kappa shape index (κ3) is 3.06. The molecule has 3 heteroatoms. The number of hydrogen-bond donors (Lipinski definition) is 2. The van der Waals surface area contributed by atoms with Crippen molar-refractivity contribution in [3.63, 3.8) is 0 Å². The first-order chi connectivity index (χ1) is 9.86. The van der Waals surface area contributed by atoms with E-state index in [9.17, 15) is 0 Å². The lowest BCUT2D eigenvalue weighted by Gasteiger charge is -2.26. The van der Waals surface area contributed by atoms with Gasteiger partial charge in [0.15, 0.2) is 0 Å². The van der Waals surface area contributed by atoms with Gasteiger partial charge < -0.3 is 10.4 Å². The highest BCUT2D eigenvalue weighted by atomic mass is 32.2. The molecule has 1 heterocycles. The molecule has 104 valence electrons. The summed E-state index contributed by atoms with van der Waals surface area (Å²) in [6.45, 7) is 0.978. The van der Waals surface area contributed by atoms with Crippen LogP contribution in [-0.4, -0.2) is 10.9 Å². The topological polar surface area (TPSA) is 32.3 Å². The first kappa shape index (κ1) is 13.7. The normalized spacial score (nSPS) is 17.8. The maximum atomic E-state index is 9.05. The Morgan fingerprint density at radius 3 is 2.60 bits per heavy atom. The molecule has 2 N–H and O–H groups in total. The highest BCUT2D eigenvalue weighted by molar-refractivity contribution is 7.98. The number of hydrogen-bond acceptors (Lipinski definition) is 3. The van der Waals surface area contributed by atoms with Gasteiger partial charge >= 0.3 is 0 Å². The smallest absolute Gasteiger partial charge is 0.0681 e. The molecule has 2 aromatic carbocycles. The highest BCUT2D eigenvalue weighted by Gasteiger charge is 2.19. The molecule has 1 aliphatic heterocycles. The number of rotatable bonds is 4. The van der Waals surface area contributed by atoms with E-state index in [0.29, 0.717) is 6.04 Å². The summed E-state index contributed by atoms with van der Waals surface area (Å²) >= 11 is 1.99. The number of nitrogens with one attached hydrogen (secondary N) is 1. The summed E-state index contributed by atoms with van der Waals surface area (Å²) in [6, 6.07) is 17.3. The van der Waals surface area contributed by atoms with Crippen LogP contribution in [0.15, 0.2) is 48.5 Å². The minimum absolute atomic E-state index is 0.111. The molecule has 0 saturated heterocycles. The summed E-state index contributed by atoms with van der Waals surface area (Å²) in [5.41, 5.74) is 5.12. The van der Waals surface area contributed by atoms with E-state index in [1.807, 2.05) is 23.9 Å². The zero-order valence-electron chi connectivity index (χ0n) is 11.4. The molecule has 0 radical (unpaired) electrons. The SMILES string of the molecule is OCc1ccc(CNC2CSCc3ccccc32)cc1. The van der Waals surface area contributed by atoms with Crippen molar-refractivity contribution in [3.05, 3.63) is 70.8 Å². The zero-order chi connectivity index (χ0) is 13.8. The van der Waals surface area contributed by atoms with Crippen LogP contribution in [0.25, 0.3) is 0 Å². The van der Waals surface area contributed by atoms with Crippen molar-refractivity contribution >= 4 is 11.8 Å². The first-order valence-corrected chi connectivity index (χ1v) is 8.10. The van der Waals surface area contributed by atoms with Crippen molar-refractivity contribution < 1.29 is 5.11 Å². The summed E-state index contributed by atoms with van der Waals surface area (Å²) < 4.78 is 0. The van der Waals surface area contributed by atoms with Gasteiger partial charge in [-0.25, -0.2) is 0 Å². The van der Waals surface area contributed by atoms with Gasteiger partial charge in [0.25, 0.3) is 0 Å². The van der Waals surface area contributed by atoms with E-state index in [0.717, 1.165) is 23.6 Å². The van der Waals surface area contributed by atoms with E-state index in [1.165, 1.54) is 16.7 Å². The quantitative estimate of drug-likeness (QED) is 0.904. The molecule has 0 fully saturated rings. The number of aliphatic hydroxyl groups excluding tert-OH is 1. The van der Waals surface area contributed by atoms with Crippen molar-refractivity contribution in [3.8, 4) is 0 Å². The molecule has 20 heavy (non-hydrogen) atoms. The van der Waals surface area contributed by atoms with Crippen LogP contribution in [0.3, 0.4) is 0 Å². The van der Waals surface area contributed by atoms with Gasteiger partial charge in [0.05, 0.1) is 6.61 Å². The summed E-state index contributed by atoms with van der Waals surface area (Å²) in [5, 5.41) is 12.7. The molecular weight excluding hydrogens is 266 g/mol. The number of aliphatic hydroxyl groups is 1. The highest BCUT2D eigenvalue weighted by Crippen LogP contribution is 2.31. The van der Waals surface area contributed by atoms with E-state index in [-0.39, 0.29) is 6.61 Å².